The molecule has 7 nitrogen and oxygen atoms in total. The minimum absolute atomic E-state index is 0.0460. The Morgan fingerprint density at radius 1 is 0.905 bits per heavy atom. The summed E-state index contributed by atoms with van der Waals surface area (Å²) in [5.74, 6) is -0.528. The standard InChI is InChI=1S/C32H31Cl2N3O4S/c1-2-35-32(39)28(20-22-9-4-3-5-10-22)36(21-23-16-17-25(33)26(34)19-23)30(38)15-8-18-37-27-13-6-11-24-12-7-14-29(31(24)27)42(37,40)41/h3-7,9-14,16-17,19,28H,2,8,15,18,20-21H2,1H3,(H,35,39)/t28-/m1/s1. The minimum Gasteiger partial charge on any atom is -0.355 e. The lowest BCUT2D eigenvalue weighted by Gasteiger charge is -2.32. The minimum atomic E-state index is -3.73. The Morgan fingerprint density at radius 3 is 2.36 bits per heavy atom. The van der Waals surface area contributed by atoms with Crippen LogP contribution in [0.5, 0.6) is 0 Å². The molecule has 0 spiro atoms. The molecule has 2 amide bonds. The van der Waals surface area contributed by atoms with Gasteiger partial charge in [-0.15, -0.1) is 0 Å². The van der Waals surface area contributed by atoms with Crippen LogP contribution in [-0.2, 0) is 32.6 Å². The number of likely N-dealkylation sites (N-methyl/N-ethyl adjacent to an activating group) is 1. The van der Waals surface area contributed by atoms with Crippen molar-refractivity contribution in [2.45, 2.75) is 43.7 Å². The molecule has 1 atom stereocenters. The van der Waals surface area contributed by atoms with Gasteiger partial charge in [-0.1, -0.05) is 83.9 Å². The van der Waals surface area contributed by atoms with Gasteiger partial charge in [0.2, 0.25) is 11.8 Å². The average Bonchev–Trinajstić information content (AvgIpc) is 3.20. The highest BCUT2D eigenvalue weighted by atomic mass is 35.5. The quantitative estimate of drug-likeness (QED) is 0.215. The van der Waals surface area contributed by atoms with Gasteiger partial charge in [-0.3, -0.25) is 13.9 Å². The maximum atomic E-state index is 13.9. The highest BCUT2D eigenvalue weighted by molar-refractivity contribution is 7.93. The van der Waals surface area contributed by atoms with Gasteiger partial charge in [-0.2, -0.15) is 0 Å². The van der Waals surface area contributed by atoms with Crippen LogP contribution >= 0.6 is 23.2 Å². The van der Waals surface area contributed by atoms with E-state index in [9.17, 15) is 18.0 Å². The molecule has 0 radical (unpaired) electrons. The Morgan fingerprint density at radius 2 is 1.64 bits per heavy atom. The Bertz CT molecular complexity index is 1730. The van der Waals surface area contributed by atoms with Crippen LogP contribution in [0, 0.1) is 0 Å². The molecular weight excluding hydrogens is 593 g/mol. The molecule has 4 aromatic rings. The van der Waals surface area contributed by atoms with Gasteiger partial charge in [0, 0.05) is 37.9 Å². The first-order valence-corrected chi connectivity index (χ1v) is 16.0. The summed E-state index contributed by atoms with van der Waals surface area (Å²) in [6.07, 6.45) is 0.635. The normalized spacial score (nSPS) is 14.1. The molecule has 0 aromatic heterocycles. The summed E-state index contributed by atoms with van der Waals surface area (Å²) < 4.78 is 28.2. The third-order valence-corrected chi connectivity index (χ3v) is 9.99. The third kappa shape index (κ3) is 6.11. The zero-order chi connectivity index (χ0) is 29.9. The van der Waals surface area contributed by atoms with E-state index in [0.717, 1.165) is 16.5 Å². The molecule has 0 saturated carbocycles. The van der Waals surface area contributed by atoms with Crippen molar-refractivity contribution in [2.75, 3.05) is 17.4 Å². The van der Waals surface area contributed by atoms with Crippen molar-refractivity contribution in [3.05, 3.63) is 106 Å². The molecule has 0 saturated heterocycles. The van der Waals surface area contributed by atoms with Crippen molar-refractivity contribution in [3.8, 4) is 0 Å². The van der Waals surface area contributed by atoms with E-state index < -0.39 is 16.1 Å². The van der Waals surface area contributed by atoms with Crippen LogP contribution in [0.3, 0.4) is 0 Å². The van der Waals surface area contributed by atoms with Gasteiger partial charge in [0.1, 0.15) is 6.04 Å². The van der Waals surface area contributed by atoms with E-state index in [4.69, 9.17) is 23.2 Å². The van der Waals surface area contributed by atoms with Crippen LogP contribution in [0.15, 0.2) is 89.8 Å². The first-order chi connectivity index (χ1) is 20.2. The molecule has 10 heteroatoms. The molecule has 1 N–H and O–H groups in total. The second-order valence-corrected chi connectivity index (χ2v) is 12.8. The topological polar surface area (TPSA) is 86.8 Å². The molecule has 0 aliphatic carbocycles. The lowest BCUT2D eigenvalue weighted by molar-refractivity contribution is -0.141. The van der Waals surface area contributed by atoms with E-state index in [-0.39, 0.29) is 42.6 Å². The van der Waals surface area contributed by atoms with Crippen molar-refractivity contribution in [1.82, 2.24) is 10.2 Å². The number of sulfonamides is 1. The number of carbonyl (C=O) groups is 2. The predicted molar refractivity (Wildman–Crippen MR) is 167 cm³/mol. The molecule has 1 aliphatic heterocycles. The van der Waals surface area contributed by atoms with E-state index in [1.165, 1.54) is 4.31 Å². The van der Waals surface area contributed by atoms with Crippen LogP contribution in [-0.4, -0.2) is 44.3 Å². The number of halogens is 2. The van der Waals surface area contributed by atoms with Crippen molar-refractivity contribution in [2.24, 2.45) is 0 Å². The van der Waals surface area contributed by atoms with Gasteiger partial charge in [0.15, 0.2) is 0 Å². The lowest BCUT2D eigenvalue weighted by Crippen LogP contribution is -2.50. The van der Waals surface area contributed by atoms with Gasteiger partial charge in [0.25, 0.3) is 10.0 Å². The van der Waals surface area contributed by atoms with E-state index in [2.05, 4.69) is 5.32 Å². The molecule has 5 rings (SSSR count). The highest BCUT2D eigenvalue weighted by Gasteiger charge is 2.36. The van der Waals surface area contributed by atoms with Crippen LogP contribution in [0.1, 0.15) is 30.9 Å². The average molecular weight is 625 g/mol. The number of carbonyl (C=O) groups excluding carboxylic acids is 2. The number of rotatable bonds is 11. The SMILES string of the molecule is CCNC(=O)[C@@H](Cc1ccccc1)N(Cc1ccc(Cl)c(Cl)c1)C(=O)CCCN1c2cccc3cccc(c23)S1(=O)=O. The van der Waals surface area contributed by atoms with Gasteiger partial charge in [-0.05, 0) is 54.1 Å². The lowest BCUT2D eigenvalue weighted by atomic mass is 10.0. The van der Waals surface area contributed by atoms with Crippen LogP contribution in [0.4, 0.5) is 5.69 Å². The number of amides is 2. The monoisotopic (exact) mass is 623 g/mol. The Labute approximate surface area is 256 Å². The highest BCUT2D eigenvalue weighted by Crippen LogP contribution is 2.42. The summed E-state index contributed by atoms with van der Waals surface area (Å²) in [7, 11) is -3.73. The Kier molecular flexibility index (Phi) is 9.06. The van der Waals surface area contributed by atoms with Crippen molar-refractivity contribution < 1.29 is 18.0 Å². The van der Waals surface area contributed by atoms with Crippen molar-refractivity contribution in [3.63, 3.8) is 0 Å². The summed E-state index contributed by atoms with van der Waals surface area (Å²) in [4.78, 5) is 29.1. The molecule has 42 heavy (non-hydrogen) atoms. The van der Waals surface area contributed by atoms with E-state index in [1.807, 2.05) is 55.5 Å². The second kappa shape index (κ2) is 12.7. The first-order valence-electron chi connectivity index (χ1n) is 13.8. The molecule has 1 aliphatic rings. The third-order valence-electron chi connectivity index (χ3n) is 7.39. The summed E-state index contributed by atoms with van der Waals surface area (Å²) >= 11 is 12.4. The summed E-state index contributed by atoms with van der Waals surface area (Å²) in [5.41, 5.74) is 2.26. The Balaban J connectivity index is 1.40. The summed E-state index contributed by atoms with van der Waals surface area (Å²) in [6, 6.07) is 24.6. The fourth-order valence-electron chi connectivity index (χ4n) is 5.40. The number of hydrogen-bond acceptors (Lipinski definition) is 4. The maximum Gasteiger partial charge on any atom is 0.265 e. The zero-order valence-electron chi connectivity index (χ0n) is 23.1. The Hall–Kier alpha value is -3.59. The maximum absolute atomic E-state index is 13.9. The number of anilines is 1. The molecular formula is C32H31Cl2N3O4S. The first kappa shape index (κ1) is 29.9. The fraction of sp³-hybridized carbons (Fsp3) is 0.250. The van der Waals surface area contributed by atoms with Gasteiger partial charge in [-0.25, -0.2) is 8.42 Å². The number of benzene rings is 4. The zero-order valence-corrected chi connectivity index (χ0v) is 25.4. The van der Waals surface area contributed by atoms with Crippen LogP contribution in [0.25, 0.3) is 10.8 Å². The predicted octanol–water partition coefficient (Wildman–Crippen LogP) is 6.21. The molecule has 0 fully saturated rings. The van der Waals surface area contributed by atoms with Crippen molar-refractivity contribution >= 4 is 61.5 Å². The van der Waals surface area contributed by atoms with Gasteiger partial charge < -0.3 is 10.2 Å². The molecule has 0 bridgehead atoms. The molecule has 218 valence electrons. The smallest absolute Gasteiger partial charge is 0.265 e. The molecule has 4 aromatic carbocycles. The van der Waals surface area contributed by atoms with E-state index in [0.29, 0.717) is 34.1 Å². The van der Waals surface area contributed by atoms with Gasteiger partial charge in [0.05, 0.1) is 20.6 Å². The number of hydrogen-bond donors (Lipinski definition) is 1. The molecule has 0 unspecified atom stereocenters. The summed E-state index contributed by atoms with van der Waals surface area (Å²) in [6.45, 7) is 2.51. The van der Waals surface area contributed by atoms with Crippen LogP contribution < -0.4 is 9.62 Å². The number of nitrogens with zero attached hydrogens (tertiary/aromatic N) is 2. The van der Waals surface area contributed by atoms with Crippen molar-refractivity contribution in [1.29, 1.82) is 0 Å². The largest absolute Gasteiger partial charge is 0.355 e. The van der Waals surface area contributed by atoms with Crippen LogP contribution in [0.2, 0.25) is 10.0 Å². The molecule has 1 heterocycles. The van der Waals surface area contributed by atoms with Gasteiger partial charge >= 0.3 is 0 Å². The van der Waals surface area contributed by atoms with E-state index in [1.54, 1.807) is 41.3 Å². The summed E-state index contributed by atoms with van der Waals surface area (Å²) in [5, 5.41) is 5.17. The van der Waals surface area contributed by atoms with E-state index >= 15 is 0 Å². The fourth-order valence-corrected chi connectivity index (χ4v) is 7.47. The number of nitrogens with one attached hydrogen (secondary N) is 1. The second-order valence-electron chi connectivity index (χ2n) is 10.2.